The predicted octanol–water partition coefficient (Wildman–Crippen LogP) is 3.64. The first-order valence-electron chi connectivity index (χ1n) is 8.31. The highest BCUT2D eigenvalue weighted by Crippen LogP contribution is 2.35. The number of carbonyl (C=O) groups is 1. The van der Waals surface area contributed by atoms with Gasteiger partial charge in [0.1, 0.15) is 17.4 Å². The molecule has 3 rings (SSSR count). The minimum Gasteiger partial charge on any atom is -0.489 e. The fourth-order valence-electron chi connectivity index (χ4n) is 3.04. The number of pyridine rings is 1. The predicted molar refractivity (Wildman–Crippen MR) is 93.7 cm³/mol. The van der Waals surface area contributed by atoms with Gasteiger partial charge in [-0.3, -0.25) is 4.98 Å². The molecule has 0 spiro atoms. The fourth-order valence-corrected chi connectivity index (χ4v) is 3.04. The Bertz CT molecular complexity index is 752. The minimum atomic E-state index is -0.450. The van der Waals surface area contributed by atoms with Crippen LogP contribution in [0.4, 0.5) is 5.69 Å². The Balaban J connectivity index is 2.06. The maximum absolute atomic E-state index is 12.2. The molecule has 2 aromatic rings. The van der Waals surface area contributed by atoms with Crippen LogP contribution in [0.3, 0.4) is 0 Å². The maximum Gasteiger partial charge on any atom is 0.342 e. The number of hydrogen-bond donors (Lipinski definition) is 1. The molecule has 5 nitrogen and oxygen atoms in total. The van der Waals surface area contributed by atoms with Crippen molar-refractivity contribution in [1.82, 2.24) is 4.98 Å². The first-order valence-corrected chi connectivity index (χ1v) is 8.31. The number of nitrogen functional groups attached to an aromatic ring is 1. The lowest BCUT2D eigenvalue weighted by Crippen LogP contribution is -2.21. The summed E-state index contributed by atoms with van der Waals surface area (Å²) < 4.78 is 11.2. The van der Waals surface area contributed by atoms with Gasteiger partial charge in [-0.05, 0) is 51.7 Å². The molecule has 2 radical (unpaired) electrons. The van der Waals surface area contributed by atoms with Crippen LogP contribution in [0.5, 0.6) is 5.75 Å². The van der Waals surface area contributed by atoms with Gasteiger partial charge in [0.05, 0.1) is 28.9 Å². The van der Waals surface area contributed by atoms with E-state index < -0.39 is 5.97 Å². The average Bonchev–Trinajstić information content (AvgIpc) is 2.56. The highest BCUT2D eigenvalue weighted by molar-refractivity contribution is 6.07. The quantitative estimate of drug-likeness (QED) is 0.868. The van der Waals surface area contributed by atoms with E-state index in [1.807, 2.05) is 18.2 Å². The van der Waals surface area contributed by atoms with Crippen molar-refractivity contribution in [3.05, 3.63) is 42.3 Å². The Hall–Kier alpha value is -2.30. The van der Waals surface area contributed by atoms with Crippen LogP contribution in [-0.2, 0) is 4.74 Å². The molecule has 2 N–H and O–H groups in total. The van der Waals surface area contributed by atoms with E-state index in [-0.39, 0.29) is 6.10 Å². The number of benzene rings is 1. The van der Waals surface area contributed by atoms with Crippen LogP contribution in [-0.4, -0.2) is 23.7 Å². The van der Waals surface area contributed by atoms with E-state index in [4.69, 9.17) is 15.2 Å². The van der Waals surface area contributed by atoms with Crippen LogP contribution in [0.25, 0.3) is 10.9 Å². The summed E-state index contributed by atoms with van der Waals surface area (Å²) in [5.74, 6) is 0.203. The molecule has 0 saturated heterocycles. The van der Waals surface area contributed by atoms with Gasteiger partial charge in [0.2, 0.25) is 0 Å². The number of nitrogens with two attached hydrogens (primary N) is 1. The van der Waals surface area contributed by atoms with E-state index in [2.05, 4.69) is 17.8 Å². The summed E-state index contributed by atoms with van der Waals surface area (Å²) in [5.41, 5.74) is 8.29. The van der Waals surface area contributed by atoms with E-state index in [1.165, 1.54) is 0 Å². The van der Waals surface area contributed by atoms with Crippen molar-refractivity contribution in [3.63, 3.8) is 0 Å². The van der Waals surface area contributed by atoms with Crippen molar-refractivity contribution in [2.45, 2.75) is 39.2 Å². The number of aromatic nitrogens is 1. The van der Waals surface area contributed by atoms with Crippen molar-refractivity contribution in [2.24, 2.45) is 0 Å². The molecule has 0 aliphatic heterocycles. The second kappa shape index (κ2) is 7.07. The van der Waals surface area contributed by atoms with Gasteiger partial charge < -0.3 is 15.2 Å². The standard InChI is InChI=1S/C19H22N2O3/c1-3-23-19(22)16-12(2)21-14-10-7-11-15(17(14)18(16)20)24-13-8-5-4-6-9-13/h5,7-8,10-11,13H,3-4,6,9H2,1-2H3,(H2,20,21). The Morgan fingerprint density at radius 2 is 2.25 bits per heavy atom. The van der Waals surface area contributed by atoms with Gasteiger partial charge in [-0.1, -0.05) is 6.07 Å². The molecule has 1 fully saturated rings. The second-order valence-corrected chi connectivity index (χ2v) is 5.87. The Morgan fingerprint density at radius 3 is 2.96 bits per heavy atom. The molecule has 0 amide bonds. The lowest BCUT2D eigenvalue weighted by atomic mass is 9.97. The summed E-state index contributed by atoms with van der Waals surface area (Å²) in [6, 6.07) is 5.63. The van der Waals surface area contributed by atoms with Crippen LogP contribution >= 0.6 is 0 Å². The number of anilines is 1. The summed E-state index contributed by atoms with van der Waals surface area (Å²) in [6.45, 7) is 3.82. The van der Waals surface area contributed by atoms with Gasteiger partial charge in [0, 0.05) is 6.42 Å². The van der Waals surface area contributed by atoms with E-state index in [9.17, 15) is 4.79 Å². The van der Waals surface area contributed by atoms with Gasteiger partial charge >= 0.3 is 5.97 Å². The normalized spacial score (nSPS) is 15.4. The first kappa shape index (κ1) is 16.6. The molecule has 1 aliphatic rings. The summed E-state index contributed by atoms with van der Waals surface area (Å²) >= 11 is 0. The number of hydrogen-bond acceptors (Lipinski definition) is 5. The minimum absolute atomic E-state index is 0.0242. The van der Waals surface area contributed by atoms with Gasteiger partial charge in [-0.2, -0.15) is 0 Å². The molecule has 1 heterocycles. The number of ether oxygens (including phenoxy) is 2. The molecule has 1 saturated carbocycles. The molecule has 126 valence electrons. The lowest BCUT2D eigenvalue weighted by Gasteiger charge is -2.24. The van der Waals surface area contributed by atoms with Crippen molar-refractivity contribution in [3.8, 4) is 5.75 Å². The van der Waals surface area contributed by atoms with Gasteiger partial charge in [-0.15, -0.1) is 0 Å². The Kier molecular flexibility index (Phi) is 4.88. The van der Waals surface area contributed by atoms with E-state index in [0.717, 1.165) is 24.8 Å². The molecule has 1 unspecified atom stereocenters. The fraction of sp³-hybridized carbons (Fsp3) is 0.368. The summed E-state index contributed by atoms with van der Waals surface area (Å²) in [6.07, 6.45) is 7.40. The van der Waals surface area contributed by atoms with Crippen LogP contribution < -0.4 is 10.5 Å². The zero-order valence-corrected chi connectivity index (χ0v) is 14.0. The zero-order valence-electron chi connectivity index (χ0n) is 14.0. The van der Waals surface area contributed by atoms with E-state index in [1.54, 1.807) is 13.8 Å². The average molecular weight is 326 g/mol. The van der Waals surface area contributed by atoms with Crippen molar-refractivity contribution < 1.29 is 14.3 Å². The molecule has 1 aromatic carbocycles. The van der Waals surface area contributed by atoms with Gasteiger partial charge in [0.25, 0.3) is 0 Å². The highest BCUT2D eigenvalue weighted by atomic mass is 16.5. The molecule has 1 atom stereocenters. The summed E-state index contributed by atoms with van der Waals surface area (Å²) in [5, 5.41) is 0.671. The Labute approximate surface area is 142 Å². The van der Waals surface area contributed by atoms with Crippen LogP contribution in [0.2, 0.25) is 0 Å². The molecule has 24 heavy (non-hydrogen) atoms. The second-order valence-electron chi connectivity index (χ2n) is 5.87. The van der Waals surface area contributed by atoms with Gasteiger partial charge in [0.15, 0.2) is 0 Å². The van der Waals surface area contributed by atoms with Gasteiger partial charge in [-0.25, -0.2) is 4.79 Å². The molecule has 0 bridgehead atoms. The molecular weight excluding hydrogens is 304 g/mol. The lowest BCUT2D eigenvalue weighted by molar-refractivity contribution is 0.0526. The van der Waals surface area contributed by atoms with Crippen molar-refractivity contribution >= 4 is 22.6 Å². The van der Waals surface area contributed by atoms with Crippen LogP contribution in [0, 0.1) is 19.8 Å². The van der Waals surface area contributed by atoms with Crippen LogP contribution in [0.15, 0.2) is 18.2 Å². The first-order chi connectivity index (χ1) is 11.6. The van der Waals surface area contributed by atoms with Crippen molar-refractivity contribution in [2.75, 3.05) is 12.3 Å². The topological polar surface area (TPSA) is 74.4 Å². The number of aryl methyl sites for hydroxylation is 1. The number of esters is 1. The highest BCUT2D eigenvalue weighted by Gasteiger charge is 2.22. The molecule has 5 heteroatoms. The number of carbonyl (C=O) groups excluding carboxylic acids is 1. The third-order valence-electron chi connectivity index (χ3n) is 4.16. The number of fused-ring (bicyclic) bond motifs is 1. The number of nitrogens with zero attached hydrogens (tertiary/aromatic N) is 1. The smallest absolute Gasteiger partial charge is 0.342 e. The zero-order chi connectivity index (χ0) is 17.1. The van der Waals surface area contributed by atoms with Crippen LogP contribution in [0.1, 0.15) is 42.2 Å². The largest absolute Gasteiger partial charge is 0.489 e. The third kappa shape index (κ3) is 3.16. The summed E-state index contributed by atoms with van der Waals surface area (Å²) in [4.78, 5) is 16.8. The maximum atomic E-state index is 12.2. The molecule has 1 aromatic heterocycles. The Morgan fingerprint density at radius 1 is 1.42 bits per heavy atom. The monoisotopic (exact) mass is 326 g/mol. The molecule has 1 aliphatic carbocycles. The molecular formula is C19H22N2O3. The summed E-state index contributed by atoms with van der Waals surface area (Å²) in [7, 11) is 0. The van der Waals surface area contributed by atoms with E-state index >= 15 is 0 Å². The van der Waals surface area contributed by atoms with E-state index in [0.29, 0.717) is 34.7 Å². The number of rotatable bonds is 4. The SMILES string of the molecule is CCOC(=O)c1c(C)nc2cccc(OC3[CH][CH]CCC3)c2c1N. The third-order valence-corrected chi connectivity index (χ3v) is 4.16. The van der Waals surface area contributed by atoms with Crippen molar-refractivity contribution in [1.29, 1.82) is 0 Å².